The highest BCUT2D eigenvalue weighted by Gasteiger charge is 2.19. The molecule has 2 aromatic heterocycles. The van der Waals surface area contributed by atoms with E-state index in [1.54, 1.807) is 12.1 Å². The highest BCUT2D eigenvalue weighted by molar-refractivity contribution is 7.91. The smallest absolute Gasteiger partial charge is 0.274 e. The molecule has 5 rings (SSSR count). The van der Waals surface area contributed by atoms with E-state index in [2.05, 4.69) is 15.3 Å². The maximum Gasteiger partial charge on any atom is 0.274 e. The van der Waals surface area contributed by atoms with Gasteiger partial charge in [-0.1, -0.05) is 18.2 Å². The fourth-order valence-corrected chi connectivity index (χ4v) is 4.91. The van der Waals surface area contributed by atoms with Crippen LogP contribution in [-0.2, 0) is 16.4 Å². The van der Waals surface area contributed by atoms with Gasteiger partial charge in [-0.2, -0.15) is 10.2 Å². The van der Waals surface area contributed by atoms with Crippen molar-refractivity contribution < 1.29 is 13.2 Å². The van der Waals surface area contributed by atoms with Crippen LogP contribution >= 0.6 is 0 Å². The van der Waals surface area contributed by atoms with Crippen LogP contribution in [-0.4, -0.2) is 35.5 Å². The fourth-order valence-electron chi connectivity index (χ4n) is 3.62. The zero-order valence-corrected chi connectivity index (χ0v) is 17.8. The van der Waals surface area contributed by atoms with E-state index >= 15 is 0 Å². The van der Waals surface area contributed by atoms with Gasteiger partial charge in [0.05, 0.1) is 46.2 Å². The summed E-state index contributed by atoms with van der Waals surface area (Å²) in [6, 6.07) is 18.2. The lowest BCUT2D eigenvalue weighted by molar-refractivity contribution is 0.414. The summed E-state index contributed by atoms with van der Waals surface area (Å²) in [7, 11) is -2.23. The van der Waals surface area contributed by atoms with Gasteiger partial charge in [-0.05, 0) is 48.5 Å². The molecule has 0 radical (unpaired) electrons. The number of fused-ring (bicyclic) bond motifs is 2. The quantitative estimate of drug-likeness (QED) is 0.444. The number of benzene rings is 3. The molecule has 0 unspecified atom stereocenters. The van der Waals surface area contributed by atoms with E-state index in [1.165, 1.54) is 48.3 Å². The number of rotatable bonds is 5. The largest absolute Gasteiger partial charge is 0.497 e. The summed E-state index contributed by atoms with van der Waals surface area (Å²) in [6.07, 6.45) is 1.50. The van der Waals surface area contributed by atoms with E-state index in [4.69, 9.17) is 4.74 Å². The molecule has 0 bridgehead atoms. The summed E-state index contributed by atoms with van der Waals surface area (Å²) < 4.78 is 32.4. The Balaban J connectivity index is 1.52. The summed E-state index contributed by atoms with van der Waals surface area (Å²) in [6.45, 7) is 0.199. The molecule has 32 heavy (non-hydrogen) atoms. The lowest BCUT2D eigenvalue weighted by atomic mass is 10.2. The summed E-state index contributed by atoms with van der Waals surface area (Å²) >= 11 is 0. The predicted octanol–water partition coefficient (Wildman–Crippen LogP) is 3.16. The second kappa shape index (κ2) is 7.61. The van der Waals surface area contributed by atoms with Crippen molar-refractivity contribution in [3.63, 3.8) is 0 Å². The third kappa shape index (κ3) is 3.32. The predicted molar refractivity (Wildman–Crippen MR) is 120 cm³/mol. The van der Waals surface area contributed by atoms with E-state index in [1.807, 2.05) is 24.3 Å². The fraction of sp³-hybridized carbons (Fsp3) is 0.0870. The van der Waals surface area contributed by atoms with Crippen molar-refractivity contribution in [1.29, 1.82) is 0 Å². The van der Waals surface area contributed by atoms with Gasteiger partial charge < -0.3 is 4.74 Å². The minimum absolute atomic E-state index is 0.0902. The monoisotopic (exact) mass is 446 g/mol. The van der Waals surface area contributed by atoms with Crippen LogP contribution in [0.1, 0.15) is 5.69 Å². The summed E-state index contributed by atoms with van der Waals surface area (Å²) in [5.74, 6) is 0.567. The van der Waals surface area contributed by atoms with Crippen LogP contribution in [0, 0.1) is 0 Å². The average Bonchev–Trinajstić information content (AvgIpc) is 3.23. The Morgan fingerprint density at radius 2 is 1.72 bits per heavy atom. The van der Waals surface area contributed by atoms with E-state index in [0.29, 0.717) is 22.2 Å². The molecule has 0 fully saturated rings. The number of aromatic amines is 1. The van der Waals surface area contributed by atoms with Crippen LogP contribution in [0.3, 0.4) is 0 Å². The van der Waals surface area contributed by atoms with Crippen molar-refractivity contribution in [2.75, 3.05) is 7.11 Å². The molecule has 0 aliphatic rings. The molecule has 0 atom stereocenters. The van der Waals surface area contributed by atoms with Gasteiger partial charge in [0.25, 0.3) is 5.56 Å². The molecule has 0 spiro atoms. The van der Waals surface area contributed by atoms with Crippen LogP contribution in [0.2, 0.25) is 0 Å². The topological polar surface area (TPSA) is 107 Å². The zero-order chi connectivity index (χ0) is 22.3. The summed E-state index contributed by atoms with van der Waals surface area (Å²) in [5, 5.41) is 13.2. The molecule has 2 heterocycles. The molecular weight excluding hydrogens is 428 g/mol. The van der Waals surface area contributed by atoms with Crippen molar-refractivity contribution in [3.05, 3.63) is 89.0 Å². The maximum atomic E-state index is 13.0. The Morgan fingerprint density at radius 3 is 2.50 bits per heavy atom. The van der Waals surface area contributed by atoms with Gasteiger partial charge in [-0.3, -0.25) is 9.89 Å². The van der Waals surface area contributed by atoms with Gasteiger partial charge in [-0.15, -0.1) is 0 Å². The number of para-hydroxylation sites is 1. The highest BCUT2D eigenvalue weighted by Crippen LogP contribution is 2.25. The normalized spacial score (nSPS) is 11.8. The van der Waals surface area contributed by atoms with Crippen molar-refractivity contribution in [2.45, 2.75) is 16.3 Å². The third-order valence-electron chi connectivity index (χ3n) is 5.35. The van der Waals surface area contributed by atoms with Gasteiger partial charge in [0, 0.05) is 10.8 Å². The van der Waals surface area contributed by atoms with Gasteiger partial charge >= 0.3 is 0 Å². The molecule has 0 aliphatic carbocycles. The molecule has 0 saturated carbocycles. The minimum Gasteiger partial charge on any atom is -0.497 e. The van der Waals surface area contributed by atoms with Crippen LogP contribution in [0.25, 0.3) is 21.7 Å². The zero-order valence-electron chi connectivity index (χ0n) is 17.0. The van der Waals surface area contributed by atoms with Gasteiger partial charge in [0.2, 0.25) is 9.84 Å². The molecule has 5 aromatic rings. The first-order valence-corrected chi connectivity index (χ1v) is 11.3. The van der Waals surface area contributed by atoms with E-state index in [0.717, 1.165) is 10.9 Å². The minimum atomic E-state index is -3.75. The SMILES string of the molecule is COc1ccc(S(=O)(=O)c2ccc3c(=O)n(Cc4n[nH]c5ccccc45)ncc3c2)cc1. The highest BCUT2D eigenvalue weighted by atomic mass is 32.2. The Morgan fingerprint density at radius 1 is 0.969 bits per heavy atom. The number of nitrogens with one attached hydrogen (secondary N) is 1. The van der Waals surface area contributed by atoms with E-state index in [9.17, 15) is 13.2 Å². The first-order valence-electron chi connectivity index (χ1n) is 9.78. The van der Waals surface area contributed by atoms with E-state index in [-0.39, 0.29) is 21.9 Å². The standard InChI is InChI=1S/C23H18N4O4S/c1-31-16-6-8-17(9-7-16)32(29,30)18-10-11-19-15(12-18)13-24-27(23(19)28)14-22-20-4-2-3-5-21(20)25-26-22/h2-13H,14H2,1H3,(H,25,26). The molecule has 8 nitrogen and oxygen atoms in total. The van der Waals surface area contributed by atoms with Crippen LogP contribution in [0.15, 0.2) is 87.5 Å². The van der Waals surface area contributed by atoms with Gasteiger partial charge in [0.15, 0.2) is 0 Å². The van der Waals surface area contributed by atoms with Gasteiger partial charge in [-0.25, -0.2) is 13.1 Å². The number of hydrogen-bond acceptors (Lipinski definition) is 6. The number of aromatic nitrogens is 4. The average molecular weight is 446 g/mol. The second-order valence-electron chi connectivity index (χ2n) is 7.25. The molecular formula is C23H18N4O4S. The van der Waals surface area contributed by atoms with Crippen molar-refractivity contribution >= 4 is 31.5 Å². The van der Waals surface area contributed by atoms with E-state index < -0.39 is 9.84 Å². The molecule has 160 valence electrons. The number of nitrogens with zero attached hydrogens (tertiary/aromatic N) is 3. The Kier molecular flexibility index (Phi) is 4.75. The van der Waals surface area contributed by atoms with Crippen LogP contribution < -0.4 is 10.3 Å². The Hall–Kier alpha value is -3.98. The summed E-state index contributed by atoms with van der Waals surface area (Å²) in [5.41, 5.74) is 1.26. The number of H-pyrrole nitrogens is 1. The first-order chi connectivity index (χ1) is 15.5. The maximum absolute atomic E-state index is 13.0. The Bertz CT molecular complexity index is 1620. The third-order valence-corrected chi connectivity index (χ3v) is 7.12. The molecule has 0 amide bonds. The number of ether oxygens (including phenoxy) is 1. The summed E-state index contributed by atoms with van der Waals surface area (Å²) in [4.78, 5) is 13.2. The second-order valence-corrected chi connectivity index (χ2v) is 9.20. The molecule has 3 aromatic carbocycles. The lowest BCUT2D eigenvalue weighted by Gasteiger charge is -2.08. The molecule has 9 heteroatoms. The van der Waals surface area contributed by atoms with Crippen molar-refractivity contribution in [3.8, 4) is 5.75 Å². The van der Waals surface area contributed by atoms with Crippen LogP contribution in [0.5, 0.6) is 5.75 Å². The number of hydrogen-bond donors (Lipinski definition) is 1. The molecule has 0 aliphatic heterocycles. The first kappa shape index (κ1) is 20.0. The lowest BCUT2D eigenvalue weighted by Crippen LogP contribution is -2.23. The number of sulfone groups is 1. The van der Waals surface area contributed by atoms with Crippen molar-refractivity contribution in [1.82, 2.24) is 20.0 Å². The van der Waals surface area contributed by atoms with Gasteiger partial charge in [0.1, 0.15) is 5.75 Å². The number of methoxy groups -OCH3 is 1. The van der Waals surface area contributed by atoms with Crippen LogP contribution in [0.4, 0.5) is 0 Å². The Labute approximate surface area is 183 Å². The van der Waals surface area contributed by atoms with Crippen molar-refractivity contribution in [2.24, 2.45) is 0 Å². The molecule has 1 N–H and O–H groups in total. The molecule has 0 saturated heterocycles.